The Labute approximate surface area is 113 Å². The second-order valence-electron chi connectivity index (χ2n) is 3.89. The van der Waals surface area contributed by atoms with E-state index in [9.17, 15) is 4.79 Å². The first-order valence-corrected chi connectivity index (χ1v) is 7.24. The number of hydrogen-bond donors (Lipinski definition) is 1. The summed E-state index contributed by atoms with van der Waals surface area (Å²) in [4.78, 5) is 13.0. The quantitative estimate of drug-likeness (QED) is 0.907. The fraction of sp³-hybridized carbons (Fsp3) is 0.417. The number of anilines is 1. The van der Waals surface area contributed by atoms with Crippen LogP contribution in [0, 0.1) is 5.92 Å². The third-order valence-electron chi connectivity index (χ3n) is 2.82. The van der Waals surface area contributed by atoms with Crippen LogP contribution < -0.4 is 10.1 Å². The molecule has 1 aromatic rings. The molecule has 0 spiro atoms. The van der Waals surface area contributed by atoms with Crippen LogP contribution in [-0.4, -0.2) is 18.8 Å². The zero-order chi connectivity index (χ0) is 12.4. The lowest BCUT2D eigenvalue weighted by Gasteiger charge is -2.10. The van der Waals surface area contributed by atoms with E-state index < -0.39 is 0 Å². The van der Waals surface area contributed by atoms with Crippen molar-refractivity contribution in [3.05, 3.63) is 16.6 Å². The molecular formula is C12H14BrNO2S. The first kappa shape index (κ1) is 12.8. The Morgan fingerprint density at radius 2 is 2.35 bits per heavy atom. The van der Waals surface area contributed by atoms with Crippen molar-refractivity contribution in [1.82, 2.24) is 0 Å². The Kier molecular flexibility index (Phi) is 3.99. The van der Waals surface area contributed by atoms with Gasteiger partial charge in [0.1, 0.15) is 5.75 Å². The van der Waals surface area contributed by atoms with E-state index in [1.54, 1.807) is 18.9 Å². The molecule has 0 bridgehead atoms. The summed E-state index contributed by atoms with van der Waals surface area (Å²) in [5.74, 6) is 1.80. The van der Waals surface area contributed by atoms with Crippen LogP contribution in [0.15, 0.2) is 21.5 Å². The lowest BCUT2D eigenvalue weighted by molar-refractivity contribution is -0.119. The minimum Gasteiger partial charge on any atom is -0.496 e. The number of benzene rings is 1. The summed E-state index contributed by atoms with van der Waals surface area (Å²) < 4.78 is 6.12. The van der Waals surface area contributed by atoms with Crippen LogP contribution in [0.4, 0.5) is 5.69 Å². The van der Waals surface area contributed by atoms with Gasteiger partial charge in [0.05, 0.1) is 17.3 Å². The number of hydrogen-bond acceptors (Lipinski definition) is 3. The maximum atomic E-state index is 11.9. The number of ether oxygens (including phenoxy) is 1. The van der Waals surface area contributed by atoms with Crippen molar-refractivity contribution in [2.45, 2.75) is 18.2 Å². The van der Waals surface area contributed by atoms with Gasteiger partial charge in [-0.25, -0.2) is 0 Å². The highest BCUT2D eigenvalue weighted by Crippen LogP contribution is 2.39. The fourth-order valence-electron chi connectivity index (χ4n) is 1.71. The number of carbonyl (C=O) groups excluding carboxylic acids is 1. The van der Waals surface area contributed by atoms with Crippen molar-refractivity contribution in [2.24, 2.45) is 5.92 Å². The number of methoxy groups -OCH3 is 1. The summed E-state index contributed by atoms with van der Waals surface area (Å²) in [5.41, 5.74) is 0.864. The Balaban J connectivity index is 2.36. The van der Waals surface area contributed by atoms with Crippen molar-refractivity contribution in [3.63, 3.8) is 0 Å². The zero-order valence-electron chi connectivity index (χ0n) is 9.75. The van der Waals surface area contributed by atoms with Gasteiger partial charge in [0, 0.05) is 16.6 Å². The van der Waals surface area contributed by atoms with Crippen LogP contribution in [0.3, 0.4) is 0 Å². The molecule has 0 aromatic heterocycles. The van der Waals surface area contributed by atoms with E-state index in [-0.39, 0.29) is 11.8 Å². The Morgan fingerprint density at radius 1 is 1.59 bits per heavy atom. The van der Waals surface area contributed by atoms with Crippen molar-refractivity contribution < 1.29 is 9.53 Å². The van der Waals surface area contributed by atoms with E-state index in [0.29, 0.717) is 0 Å². The van der Waals surface area contributed by atoms with Gasteiger partial charge in [-0.15, -0.1) is 11.8 Å². The molecule has 1 unspecified atom stereocenters. The highest BCUT2D eigenvalue weighted by Gasteiger charge is 2.23. The van der Waals surface area contributed by atoms with Crippen molar-refractivity contribution >= 4 is 39.3 Å². The molecule has 5 heteroatoms. The molecule has 1 aliphatic heterocycles. The van der Waals surface area contributed by atoms with Gasteiger partial charge in [-0.05, 0) is 34.5 Å². The maximum Gasteiger partial charge on any atom is 0.228 e. The standard InChI is InChI=1S/C12H14BrNO2S/c1-3-7-6-17-11-5-10(16-2)8(13)4-9(11)14-12(7)15/h4-5,7H,3,6H2,1-2H3,(H,14,15). The molecule has 0 fully saturated rings. The minimum atomic E-state index is 0.0807. The summed E-state index contributed by atoms with van der Waals surface area (Å²) in [6.07, 6.45) is 0.866. The highest BCUT2D eigenvalue weighted by molar-refractivity contribution is 9.10. The van der Waals surface area contributed by atoms with Crippen LogP contribution in [0.25, 0.3) is 0 Å². The number of amides is 1. The molecule has 0 saturated heterocycles. The number of halogens is 1. The maximum absolute atomic E-state index is 11.9. The Morgan fingerprint density at radius 3 is 3.00 bits per heavy atom. The summed E-state index contributed by atoms with van der Waals surface area (Å²) in [5, 5.41) is 2.97. The largest absolute Gasteiger partial charge is 0.496 e. The van der Waals surface area contributed by atoms with Gasteiger partial charge in [-0.3, -0.25) is 4.79 Å². The van der Waals surface area contributed by atoms with Gasteiger partial charge in [0.2, 0.25) is 5.91 Å². The topological polar surface area (TPSA) is 38.3 Å². The predicted molar refractivity (Wildman–Crippen MR) is 73.8 cm³/mol. The molecule has 3 nitrogen and oxygen atoms in total. The monoisotopic (exact) mass is 315 g/mol. The average Bonchev–Trinajstić information content (AvgIpc) is 2.46. The molecule has 0 radical (unpaired) electrons. The number of nitrogens with one attached hydrogen (secondary N) is 1. The van der Waals surface area contributed by atoms with Crippen LogP contribution in [0.1, 0.15) is 13.3 Å². The lowest BCUT2D eigenvalue weighted by atomic mass is 10.1. The van der Waals surface area contributed by atoms with Crippen LogP contribution in [-0.2, 0) is 4.79 Å². The van der Waals surface area contributed by atoms with Gasteiger partial charge < -0.3 is 10.1 Å². The minimum absolute atomic E-state index is 0.0807. The van der Waals surface area contributed by atoms with Crippen LogP contribution in [0.2, 0.25) is 0 Å². The molecule has 1 amide bonds. The smallest absolute Gasteiger partial charge is 0.228 e. The van der Waals surface area contributed by atoms with E-state index in [0.717, 1.165) is 33.0 Å². The number of rotatable bonds is 2. The van der Waals surface area contributed by atoms with Crippen molar-refractivity contribution in [1.29, 1.82) is 0 Å². The van der Waals surface area contributed by atoms with E-state index in [2.05, 4.69) is 21.2 Å². The first-order chi connectivity index (χ1) is 8.15. The van der Waals surface area contributed by atoms with Crippen LogP contribution >= 0.6 is 27.7 Å². The summed E-state index contributed by atoms with van der Waals surface area (Å²) in [7, 11) is 1.64. The number of carbonyl (C=O) groups is 1. The molecule has 17 heavy (non-hydrogen) atoms. The third-order valence-corrected chi connectivity index (χ3v) is 4.65. The highest BCUT2D eigenvalue weighted by atomic mass is 79.9. The van der Waals surface area contributed by atoms with Gasteiger partial charge in [-0.1, -0.05) is 6.92 Å². The summed E-state index contributed by atoms with van der Waals surface area (Å²) in [6.45, 7) is 2.04. The van der Waals surface area contributed by atoms with E-state index in [1.165, 1.54) is 0 Å². The SMILES string of the molecule is CCC1CSc2cc(OC)c(Br)cc2NC1=O. The van der Waals surface area contributed by atoms with Gasteiger partial charge in [0.15, 0.2) is 0 Å². The lowest BCUT2D eigenvalue weighted by Crippen LogP contribution is -2.22. The van der Waals surface area contributed by atoms with E-state index in [4.69, 9.17) is 4.74 Å². The molecular weight excluding hydrogens is 302 g/mol. The number of fused-ring (bicyclic) bond motifs is 1. The predicted octanol–water partition coefficient (Wildman–Crippen LogP) is 3.53. The molecule has 0 aliphatic carbocycles. The van der Waals surface area contributed by atoms with Crippen LogP contribution in [0.5, 0.6) is 5.75 Å². The second kappa shape index (κ2) is 5.31. The molecule has 0 saturated carbocycles. The van der Waals surface area contributed by atoms with E-state index in [1.807, 2.05) is 19.1 Å². The molecule has 1 heterocycles. The van der Waals surface area contributed by atoms with Crippen molar-refractivity contribution in [3.8, 4) is 5.75 Å². The van der Waals surface area contributed by atoms with Gasteiger partial charge in [-0.2, -0.15) is 0 Å². The normalized spacial score (nSPS) is 19.2. The van der Waals surface area contributed by atoms with Gasteiger partial charge >= 0.3 is 0 Å². The molecule has 2 rings (SSSR count). The molecule has 1 aliphatic rings. The first-order valence-electron chi connectivity index (χ1n) is 5.47. The molecule has 92 valence electrons. The Hall–Kier alpha value is -0.680. The van der Waals surface area contributed by atoms with Gasteiger partial charge in [0.25, 0.3) is 0 Å². The molecule has 1 aromatic carbocycles. The summed E-state index contributed by atoms with van der Waals surface area (Å²) in [6, 6.07) is 3.86. The zero-order valence-corrected chi connectivity index (χ0v) is 12.2. The van der Waals surface area contributed by atoms with Crippen molar-refractivity contribution in [2.75, 3.05) is 18.2 Å². The van der Waals surface area contributed by atoms with E-state index >= 15 is 0 Å². The third kappa shape index (κ3) is 2.60. The fourth-order valence-corrected chi connectivity index (χ4v) is 3.44. The molecule has 1 N–H and O–H groups in total. The Bertz CT molecular complexity index is 450. The second-order valence-corrected chi connectivity index (χ2v) is 5.80. The average molecular weight is 316 g/mol. The summed E-state index contributed by atoms with van der Waals surface area (Å²) >= 11 is 5.13. The number of thioether (sulfide) groups is 1. The molecule has 1 atom stereocenters.